The van der Waals surface area contributed by atoms with Gasteiger partial charge >= 0.3 is 0 Å². The quantitative estimate of drug-likeness (QED) is 0.266. The van der Waals surface area contributed by atoms with E-state index in [9.17, 15) is 9.18 Å². The van der Waals surface area contributed by atoms with E-state index >= 15 is 0 Å². The van der Waals surface area contributed by atoms with E-state index in [0.717, 1.165) is 80.3 Å². The fourth-order valence-corrected chi connectivity index (χ4v) is 5.69. The fraction of sp³-hybridized carbons (Fsp3) is 0.387. The third kappa shape index (κ3) is 6.53. The highest BCUT2D eigenvalue weighted by atomic mass is 35.5. The Balaban J connectivity index is 1.10. The monoisotopic (exact) mass is 577 g/mol. The summed E-state index contributed by atoms with van der Waals surface area (Å²) in [7, 11) is 0. The van der Waals surface area contributed by atoms with E-state index in [-0.39, 0.29) is 24.4 Å². The molecule has 6 rings (SSSR count). The number of carbonyl (C=O) groups excluding carboxylic acids is 1. The SMILES string of the molecule is CC(=O)Nc1ccc2c(c1)nc(CN1CCC(c3cccc(OCc4ccc(Cl)cc4F)n3)CC1)n2C[C@@H]1CCO1. The predicted octanol–water partition coefficient (Wildman–Crippen LogP) is 5.93. The molecular formula is C31H33ClFN5O3. The number of nitrogens with zero attached hydrogens (tertiary/aromatic N) is 4. The molecule has 4 aromatic rings. The van der Waals surface area contributed by atoms with Crippen molar-refractivity contribution in [2.45, 2.75) is 57.9 Å². The number of carbonyl (C=O) groups is 1. The summed E-state index contributed by atoms with van der Waals surface area (Å²) in [6, 6.07) is 16.3. The van der Waals surface area contributed by atoms with Crippen molar-refractivity contribution in [1.29, 1.82) is 0 Å². The molecule has 8 nitrogen and oxygen atoms in total. The number of hydrogen-bond donors (Lipinski definition) is 1. The molecule has 214 valence electrons. The number of rotatable bonds is 9. The molecule has 0 radical (unpaired) electrons. The lowest BCUT2D eigenvalue weighted by Crippen LogP contribution is -2.35. The molecule has 0 spiro atoms. The topological polar surface area (TPSA) is 81.5 Å². The summed E-state index contributed by atoms with van der Waals surface area (Å²) < 4.78 is 28.0. The molecular weight excluding hydrogens is 545 g/mol. The largest absolute Gasteiger partial charge is 0.473 e. The number of amides is 1. The second kappa shape index (κ2) is 12.1. The van der Waals surface area contributed by atoms with Crippen molar-refractivity contribution in [2.24, 2.45) is 0 Å². The van der Waals surface area contributed by atoms with Crippen molar-refractivity contribution < 1.29 is 18.7 Å². The molecule has 1 atom stereocenters. The Bertz CT molecular complexity index is 1550. The summed E-state index contributed by atoms with van der Waals surface area (Å²) >= 11 is 5.85. The number of aromatic nitrogens is 3. The number of ether oxygens (including phenoxy) is 2. The number of benzene rings is 2. The van der Waals surface area contributed by atoms with Gasteiger partial charge in [0.15, 0.2) is 0 Å². The summed E-state index contributed by atoms with van der Waals surface area (Å²) in [5, 5.41) is 3.22. The van der Waals surface area contributed by atoms with Crippen LogP contribution in [0.5, 0.6) is 5.88 Å². The lowest BCUT2D eigenvalue weighted by Gasteiger charge is -2.32. The van der Waals surface area contributed by atoms with Crippen molar-refractivity contribution in [1.82, 2.24) is 19.4 Å². The van der Waals surface area contributed by atoms with E-state index in [0.29, 0.717) is 22.4 Å². The average molecular weight is 578 g/mol. The Morgan fingerprint density at radius 3 is 2.68 bits per heavy atom. The minimum absolute atomic E-state index is 0.0944. The zero-order valence-electron chi connectivity index (χ0n) is 23.0. The number of anilines is 1. The van der Waals surface area contributed by atoms with Crippen LogP contribution in [0.1, 0.15) is 49.2 Å². The van der Waals surface area contributed by atoms with Crippen molar-refractivity contribution in [3.63, 3.8) is 0 Å². The summed E-state index contributed by atoms with van der Waals surface area (Å²) in [5.41, 5.74) is 4.12. The molecule has 10 heteroatoms. The summed E-state index contributed by atoms with van der Waals surface area (Å²) in [5.74, 6) is 1.34. The summed E-state index contributed by atoms with van der Waals surface area (Å²) in [6.07, 6.45) is 3.21. The summed E-state index contributed by atoms with van der Waals surface area (Å²) in [6.45, 7) is 5.78. The van der Waals surface area contributed by atoms with E-state index in [1.807, 2.05) is 30.3 Å². The van der Waals surface area contributed by atoms with Gasteiger partial charge in [0, 0.05) is 47.5 Å². The van der Waals surface area contributed by atoms with E-state index in [1.165, 1.54) is 13.0 Å². The third-order valence-corrected chi connectivity index (χ3v) is 8.07. The number of halogens is 2. The van der Waals surface area contributed by atoms with Gasteiger partial charge in [0.25, 0.3) is 0 Å². The second-order valence-corrected chi connectivity index (χ2v) is 11.2. The van der Waals surface area contributed by atoms with Gasteiger partial charge in [-0.1, -0.05) is 23.7 Å². The van der Waals surface area contributed by atoms with Crippen LogP contribution in [0.4, 0.5) is 10.1 Å². The Kier molecular flexibility index (Phi) is 8.18. The van der Waals surface area contributed by atoms with Crippen molar-refractivity contribution in [3.05, 3.63) is 82.5 Å². The molecule has 2 aromatic heterocycles. The molecule has 41 heavy (non-hydrogen) atoms. The van der Waals surface area contributed by atoms with Gasteiger partial charge in [0.2, 0.25) is 11.8 Å². The molecule has 0 saturated carbocycles. The van der Waals surface area contributed by atoms with Gasteiger partial charge in [-0.15, -0.1) is 0 Å². The predicted molar refractivity (Wildman–Crippen MR) is 156 cm³/mol. The Labute approximate surface area is 243 Å². The molecule has 0 aliphatic carbocycles. The van der Waals surface area contributed by atoms with Gasteiger partial charge in [-0.05, 0) is 68.8 Å². The first-order chi connectivity index (χ1) is 19.9. The second-order valence-electron chi connectivity index (χ2n) is 10.8. The Hall–Kier alpha value is -3.53. The first-order valence-electron chi connectivity index (χ1n) is 14.1. The standard InChI is InChI=1S/C31H33ClFN5O3/c1-20(39)34-24-7-8-29-28(16-24)35-30(38(29)17-25-11-14-40-25)18-37-12-9-21(10-13-37)27-3-2-4-31(36-27)41-19-22-5-6-23(32)15-26(22)33/h2-8,15-16,21,25H,9-14,17-19H2,1H3,(H,34,39)/t25-/m0/s1. The van der Waals surface area contributed by atoms with Crippen molar-refractivity contribution >= 4 is 34.2 Å². The molecule has 2 aliphatic heterocycles. The maximum atomic E-state index is 14.1. The zero-order valence-corrected chi connectivity index (χ0v) is 23.7. The van der Waals surface area contributed by atoms with Gasteiger partial charge in [0.1, 0.15) is 18.2 Å². The highest BCUT2D eigenvalue weighted by Gasteiger charge is 2.26. The smallest absolute Gasteiger partial charge is 0.221 e. The fourth-order valence-electron chi connectivity index (χ4n) is 5.53. The minimum atomic E-state index is -0.386. The lowest BCUT2D eigenvalue weighted by atomic mass is 9.93. The molecule has 0 bridgehead atoms. The number of hydrogen-bond acceptors (Lipinski definition) is 6. The lowest BCUT2D eigenvalue weighted by molar-refractivity contribution is -0.114. The third-order valence-electron chi connectivity index (χ3n) is 7.83. The molecule has 2 aliphatic rings. The Morgan fingerprint density at radius 1 is 1.12 bits per heavy atom. The molecule has 0 unspecified atom stereocenters. The normalized spacial score (nSPS) is 17.9. The zero-order chi connectivity index (χ0) is 28.3. The molecule has 1 N–H and O–H groups in total. The highest BCUT2D eigenvalue weighted by Crippen LogP contribution is 2.30. The van der Waals surface area contributed by atoms with Crippen LogP contribution in [-0.4, -0.2) is 51.1 Å². The molecule has 2 fully saturated rings. The van der Waals surface area contributed by atoms with E-state index in [4.69, 9.17) is 31.0 Å². The molecule has 2 saturated heterocycles. The van der Waals surface area contributed by atoms with Gasteiger partial charge in [-0.2, -0.15) is 0 Å². The molecule has 2 aromatic carbocycles. The van der Waals surface area contributed by atoms with E-state index in [1.54, 1.807) is 18.2 Å². The maximum Gasteiger partial charge on any atom is 0.221 e. The number of imidazole rings is 1. The molecule has 1 amide bonds. The van der Waals surface area contributed by atoms with Crippen LogP contribution in [0.25, 0.3) is 11.0 Å². The number of likely N-dealkylation sites (tertiary alicyclic amines) is 1. The van der Waals surface area contributed by atoms with Gasteiger partial charge in [-0.3, -0.25) is 9.69 Å². The van der Waals surface area contributed by atoms with Gasteiger partial charge in [-0.25, -0.2) is 14.4 Å². The van der Waals surface area contributed by atoms with Gasteiger partial charge < -0.3 is 19.4 Å². The number of nitrogens with one attached hydrogen (secondary N) is 1. The Morgan fingerprint density at radius 2 is 1.95 bits per heavy atom. The van der Waals surface area contributed by atoms with E-state index < -0.39 is 0 Å². The number of pyridine rings is 1. The number of fused-ring (bicyclic) bond motifs is 1. The van der Waals surface area contributed by atoms with Crippen molar-refractivity contribution in [2.75, 3.05) is 25.0 Å². The van der Waals surface area contributed by atoms with Crippen LogP contribution in [0.15, 0.2) is 54.6 Å². The first kappa shape index (κ1) is 27.6. The van der Waals surface area contributed by atoms with Crippen LogP contribution in [0.3, 0.4) is 0 Å². The average Bonchev–Trinajstić information content (AvgIpc) is 3.26. The van der Waals surface area contributed by atoms with Crippen LogP contribution < -0.4 is 10.1 Å². The maximum absolute atomic E-state index is 14.1. The van der Waals surface area contributed by atoms with Crippen LogP contribution in [-0.2, 0) is 29.2 Å². The van der Waals surface area contributed by atoms with Crippen LogP contribution in [0, 0.1) is 5.82 Å². The number of piperidine rings is 1. The van der Waals surface area contributed by atoms with E-state index in [2.05, 4.69) is 14.8 Å². The summed E-state index contributed by atoms with van der Waals surface area (Å²) in [4.78, 5) is 23.7. The van der Waals surface area contributed by atoms with Gasteiger partial charge in [0.05, 0.1) is 30.2 Å². The van der Waals surface area contributed by atoms with Crippen molar-refractivity contribution in [3.8, 4) is 5.88 Å². The van der Waals surface area contributed by atoms with Crippen LogP contribution >= 0.6 is 11.6 Å². The molecule has 4 heterocycles. The minimum Gasteiger partial charge on any atom is -0.473 e. The first-order valence-corrected chi connectivity index (χ1v) is 14.4. The van der Waals surface area contributed by atoms with Crippen LogP contribution in [0.2, 0.25) is 5.02 Å². The highest BCUT2D eigenvalue weighted by molar-refractivity contribution is 6.30.